The van der Waals surface area contributed by atoms with Gasteiger partial charge < -0.3 is 0 Å². The highest BCUT2D eigenvalue weighted by Crippen LogP contribution is 2.57. The summed E-state index contributed by atoms with van der Waals surface area (Å²) in [4.78, 5) is 45.8. The summed E-state index contributed by atoms with van der Waals surface area (Å²) in [5.74, 6) is -1.90. The van der Waals surface area contributed by atoms with Crippen LogP contribution in [-0.2, 0) is 20.0 Å². The number of fused-ring (bicyclic) bond motifs is 5. The van der Waals surface area contributed by atoms with Crippen molar-refractivity contribution in [1.29, 1.82) is 0 Å². The van der Waals surface area contributed by atoms with Crippen LogP contribution >= 0.6 is 0 Å². The first-order valence-electron chi connectivity index (χ1n) is 8.06. The molecule has 6 heteroatoms. The molecule has 3 heterocycles. The van der Waals surface area contributed by atoms with Crippen LogP contribution in [0.4, 0.5) is 5.69 Å². The van der Waals surface area contributed by atoms with E-state index in [-0.39, 0.29) is 11.7 Å². The van der Waals surface area contributed by atoms with Gasteiger partial charge in [-0.05, 0) is 17.7 Å². The van der Waals surface area contributed by atoms with Crippen LogP contribution < -0.4 is 5.06 Å². The average Bonchev–Trinajstić information content (AvgIpc) is 3.20. The number of para-hydroxylation sites is 1. The molecule has 3 aliphatic rings. The third-order valence-corrected chi connectivity index (χ3v) is 5.39. The Morgan fingerprint density at radius 3 is 2.36 bits per heavy atom. The molecule has 0 saturated carbocycles. The second kappa shape index (κ2) is 4.55. The van der Waals surface area contributed by atoms with Crippen LogP contribution in [0.1, 0.15) is 15.9 Å². The Balaban J connectivity index is 1.82. The first-order chi connectivity index (χ1) is 12.1. The van der Waals surface area contributed by atoms with Gasteiger partial charge in [0.05, 0.1) is 5.69 Å². The SMILES string of the molecule is CN1C(=O)[C@@H]2[C@@H](ON3c4ccccc4C(=O)[C@]23c2ccccc2)C1=O. The molecule has 0 aliphatic carbocycles. The van der Waals surface area contributed by atoms with Crippen LogP contribution in [-0.4, -0.2) is 35.6 Å². The zero-order valence-electron chi connectivity index (χ0n) is 13.4. The molecule has 0 spiro atoms. The predicted octanol–water partition coefficient (Wildman–Crippen LogP) is 1.51. The van der Waals surface area contributed by atoms with Crippen LogP contribution in [0.25, 0.3) is 0 Å². The molecule has 2 amide bonds. The van der Waals surface area contributed by atoms with Crippen molar-refractivity contribution in [3.05, 3.63) is 65.7 Å². The van der Waals surface area contributed by atoms with Crippen molar-refractivity contribution in [2.24, 2.45) is 5.92 Å². The first kappa shape index (κ1) is 14.4. The Kier molecular flexibility index (Phi) is 2.61. The topological polar surface area (TPSA) is 66.9 Å². The minimum absolute atomic E-state index is 0.210. The van der Waals surface area contributed by atoms with Gasteiger partial charge in [-0.15, -0.1) is 0 Å². The number of Topliss-reactive ketones (excluding diaryl/α,β-unsaturated/α-hetero) is 1. The van der Waals surface area contributed by atoms with Gasteiger partial charge in [0.2, 0.25) is 5.91 Å². The maximum Gasteiger partial charge on any atom is 0.261 e. The summed E-state index contributed by atoms with van der Waals surface area (Å²) in [5.41, 5.74) is 0.404. The number of carbonyl (C=O) groups is 3. The van der Waals surface area contributed by atoms with Crippen molar-refractivity contribution in [3.63, 3.8) is 0 Å². The van der Waals surface area contributed by atoms with E-state index >= 15 is 0 Å². The molecule has 0 N–H and O–H groups in total. The van der Waals surface area contributed by atoms with Crippen molar-refractivity contribution in [2.45, 2.75) is 11.6 Å². The number of likely N-dealkylation sites (N-methyl/N-ethyl adjacent to an activating group) is 1. The number of hydrogen-bond acceptors (Lipinski definition) is 5. The van der Waals surface area contributed by atoms with Gasteiger partial charge in [0.25, 0.3) is 5.91 Å². The lowest BCUT2D eigenvalue weighted by molar-refractivity contribution is -0.141. The van der Waals surface area contributed by atoms with Crippen molar-refractivity contribution in [3.8, 4) is 0 Å². The summed E-state index contributed by atoms with van der Waals surface area (Å²) >= 11 is 0. The normalized spacial score (nSPS) is 29.9. The Hall–Kier alpha value is -2.99. The molecule has 2 aromatic rings. The van der Waals surface area contributed by atoms with Gasteiger partial charge in [0.1, 0.15) is 5.92 Å². The minimum atomic E-state index is -1.34. The van der Waals surface area contributed by atoms with E-state index in [2.05, 4.69) is 0 Å². The minimum Gasteiger partial charge on any atom is -0.291 e. The highest BCUT2D eigenvalue weighted by atomic mass is 16.7. The molecule has 6 nitrogen and oxygen atoms in total. The van der Waals surface area contributed by atoms with E-state index < -0.39 is 23.5 Å². The van der Waals surface area contributed by atoms with Crippen LogP contribution in [0.3, 0.4) is 0 Å². The molecule has 3 aliphatic heterocycles. The number of rotatable bonds is 1. The molecule has 2 aromatic carbocycles. The molecule has 5 rings (SSSR count). The van der Waals surface area contributed by atoms with Gasteiger partial charge in [-0.3, -0.25) is 24.1 Å². The van der Waals surface area contributed by atoms with Crippen molar-refractivity contribution >= 4 is 23.3 Å². The quantitative estimate of drug-likeness (QED) is 0.740. The van der Waals surface area contributed by atoms with Crippen LogP contribution in [0, 0.1) is 5.92 Å². The largest absolute Gasteiger partial charge is 0.291 e. The van der Waals surface area contributed by atoms with Gasteiger partial charge in [0.15, 0.2) is 17.4 Å². The van der Waals surface area contributed by atoms with Crippen LogP contribution in [0.15, 0.2) is 54.6 Å². The van der Waals surface area contributed by atoms with Gasteiger partial charge in [-0.25, -0.2) is 5.06 Å². The lowest BCUT2D eigenvalue weighted by Gasteiger charge is -2.33. The summed E-state index contributed by atoms with van der Waals surface area (Å²) < 4.78 is 0. The van der Waals surface area contributed by atoms with E-state index in [4.69, 9.17) is 4.84 Å². The first-order valence-corrected chi connectivity index (χ1v) is 8.06. The lowest BCUT2D eigenvalue weighted by atomic mass is 9.74. The molecule has 0 bridgehead atoms. The zero-order valence-corrected chi connectivity index (χ0v) is 13.4. The number of amides is 2. The molecule has 124 valence electrons. The smallest absolute Gasteiger partial charge is 0.261 e. The zero-order chi connectivity index (χ0) is 17.3. The van der Waals surface area contributed by atoms with Crippen molar-refractivity contribution < 1.29 is 19.2 Å². The third-order valence-electron chi connectivity index (χ3n) is 5.39. The van der Waals surface area contributed by atoms with Crippen molar-refractivity contribution in [2.75, 3.05) is 12.1 Å². The Morgan fingerprint density at radius 1 is 0.920 bits per heavy atom. The lowest BCUT2D eigenvalue weighted by Crippen LogP contribution is -2.50. The van der Waals surface area contributed by atoms with Gasteiger partial charge in [0, 0.05) is 12.6 Å². The van der Waals surface area contributed by atoms with Crippen LogP contribution in [0.5, 0.6) is 0 Å². The number of nitrogens with zero attached hydrogens (tertiary/aromatic N) is 2. The second-order valence-electron chi connectivity index (χ2n) is 6.51. The van der Waals surface area contributed by atoms with Crippen molar-refractivity contribution in [1.82, 2.24) is 4.90 Å². The summed E-state index contributed by atoms with van der Waals surface area (Å²) in [6, 6.07) is 16.2. The average molecular weight is 334 g/mol. The molecule has 2 fully saturated rings. The molecule has 2 saturated heterocycles. The van der Waals surface area contributed by atoms with E-state index in [1.165, 1.54) is 12.1 Å². The summed E-state index contributed by atoms with van der Waals surface area (Å²) in [5, 5.41) is 1.48. The monoisotopic (exact) mass is 334 g/mol. The Labute approximate surface area is 143 Å². The number of ketones is 1. The molecular weight excluding hydrogens is 320 g/mol. The number of carbonyl (C=O) groups excluding carboxylic acids is 3. The summed E-state index contributed by atoms with van der Waals surface area (Å²) in [6.07, 6.45) is -0.977. The van der Waals surface area contributed by atoms with Gasteiger partial charge in [-0.1, -0.05) is 42.5 Å². The summed E-state index contributed by atoms with van der Waals surface area (Å²) in [7, 11) is 1.43. The van der Waals surface area contributed by atoms with Gasteiger partial charge in [-0.2, -0.15) is 0 Å². The maximum atomic E-state index is 13.5. The van der Waals surface area contributed by atoms with E-state index in [0.717, 1.165) is 4.90 Å². The molecule has 25 heavy (non-hydrogen) atoms. The Bertz CT molecular complexity index is 941. The number of anilines is 1. The highest BCUT2D eigenvalue weighted by molar-refractivity contribution is 6.20. The predicted molar refractivity (Wildman–Crippen MR) is 87.5 cm³/mol. The maximum absolute atomic E-state index is 13.5. The van der Waals surface area contributed by atoms with E-state index in [1.807, 2.05) is 18.2 Å². The standard InChI is InChI=1S/C19H14N2O4/c1-20-17(23)14-15(18(20)24)25-21-13-10-6-5-9-12(13)16(22)19(14,21)11-7-3-2-4-8-11/h2-10,14-15H,1H3/t14-,15+,19-/m0/s1. The number of hydrogen-bond donors (Lipinski definition) is 0. The van der Waals surface area contributed by atoms with Crippen LogP contribution in [0.2, 0.25) is 0 Å². The summed E-state index contributed by atoms with van der Waals surface area (Å²) in [6.45, 7) is 0. The second-order valence-corrected chi connectivity index (χ2v) is 6.51. The fraction of sp³-hybridized carbons (Fsp3) is 0.211. The molecular formula is C19H14N2O4. The fourth-order valence-corrected chi connectivity index (χ4v) is 4.26. The van der Waals surface area contributed by atoms with Gasteiger partial charge >= 0.3 is 0 Å². The number of hydroxylamine groups is 1. The highest BCUT2D eigenvalue weighted by Gasteiger charge is 2.72. The van der Waals surface area contributed by atoms with E-state index in [9.17, 15) is 14.4 Å². The number of imide groups is 1. The molecule has 0 aromatic heterocycles. The van der Waals surface area contributed by atoms with E-state index in [0.29, 0.717) is 16.8 Å². The molecule has 0 radical (unpaired) electrons. The molecule has 3 atom stereocenters. The Morgan fingerprint density at radius 2 is 1.60 bits per heavy atom. The number of benzene rings is 2. The third kappa shape index (κ3) is 1.46. The number of likely N-dealkylation sites (tertiary alicyclic amines) is 1. The van der Waals surface area contributed by atoms with E-state index in [1.54, 1.807) is 36.4 Å². The fourth-order valence-electron chi connectivity index (χ4n) is 4.26. The molecule has 0 unspecified atom stereocenters.